The van der Waals surface area contributed by atoms with Crippen LogP contribution in [0, 0.1) is 6.92 Å². The maximum absolute atomic E-state index is 13.3. The highest BCUT2D eigenvalue weighted by Crippen LogP contribution is 2.38. The molecule has 0 fully saturated rings. The topological polar surface area (TPSA) is 88.6 Å². The second-order valence-electron chi connectivity index (χ2n) is 9.01. The molecule has 1 aromatic heterocycles. The predicted molar refractivity (Wildman–Crippen MR) is 140 cm³/mol. The number of nitrogens with zero attached hydrogens (tertiary/aromatic N) is 2. The Bertz CT molecular complexity index is 1320. The van der Waals surface area contributed by atoms with Crippen molar-refractivity contribution in [2.75, 3.05) is 6.61 Å². The molecule has 1 aliphatic rings. The van der Waals surface area contributed by atoms with Crippen LogP contribution in [-0.4, -0.2) is 34.3 Å². The Morgan fingerprint density at radius 1 is 1.03 bits per heavy atom. The molecule has 0 spiro atoms. The number of hydrogen-bond acceptors (Lipinski definition) is 5. The summed E-state index contributed by atoms with van der Waals surface area (Å²) in [6.45, 7) is 6.45. The van der Waals surface area contributed by atoms with Crippen molar-refractivity contribution in [3.05, 3.63) is 112 Å². The molecule has 1 atom stereocenters. The lowest BCUT2D eigenvalue weighted by molar-refractivity contribution is -0.140. The molecule has 2 aromatic carbocycles. The Labute approximate surface area is 217 Å². The van der Waals surface area contributed by atoms with E-state index < -0.39 is 5.97 Å². The van der Waals surface area contributed by atoms with Gasteiger partial charge in [-0.2, -0.15) is 0 Å². The average Bonchev–Trinajstić information content (AvgIpc) is 2.90. The van der Waals surface area contributed by atoms with Crippen LogP contribution in [0.5, 0.6) is 0 Å². The number of nitrogens with one attached hydrogen (secondary N) is 1. The lowest BCUT2D eigenvalue weighted by Crippen LogP contribution is -2.38. The lowest BCUT2D eigenvalue weighted by Gasteiger charge is -2.35. The minimum absolute atomic E-state index is 0.0593. The number of hydrogen-bond donors (Lipinski definition) is 1. The summed E-state index contributed by atoms with van der Waals surface area (Å²) in [5.41, 5.74) is 5.25. The van der Waals surface area contributed by atoms with Crippen LogP contribution in [0.3, 0.4) is 0 Å². The van der Waals surface area contributed by atoms with Crippen molar-refractivity contribution >= 4 is 17.8 Å². The summed E-state index contributed by atoms with van der Waals surface area (Å²) in [5.74, 6) is -1.01. The normalized spacial score (nSPS) is 15.5. The molecule has 0 radical (unpaired) electrons. The smallest absolute Gasteiger partial charge is 0.336 e. The van der Waals surface area contributed by atoms with Gasteiger partial charge in [-0.05, 0) is 61.7 Å². The molecule has 0 bridgehead atoms. The number of allylic oxidation sites excluding steroid dienone is 1. The Kier molecular flexibility index (Phi) is 8.13. The largest absolute Gasteiger partial charge is 0.463 e. The second kappa shape index (κ2) is 11.6. The third kappa shape index (κ3) is 5.94. The Hall–Kier alpha value is -4.26. The van der Waals surface area contributed by atoms with E-state index >= 15 is 0 Å². The molecule has 1 aliphatic heterocycles. The fourth-order valence-electron chi connectivity index (χ4n) is 4.64. The zero-order valence-electron chi connectivity index (χ0n) is 21.4. The highest BCUT2D eigenvalue weighted by molar-refractivity contribution is 5.96. The third-order valence-corrected chi connectivity index (χ3v) is 6.60. The van der Waals surface area contributed by atoms with Gasteiger partial charge < -0.3 is 15.0 Å². The standard InChI is InChI=1S/C30H31N3O4/c1-4-37-30(36)28-21(3)33(27(34)17-26(28)25-11-6-5-9-20(25)2)19-22-12-14-23(15-13-22)29(35)32-18-24-10-7-8-16-31-24/h5-16,26H,4,17-19H2,1-3H3,(H,32,35). The van der Waals surface area contributed by atoms with Gasteiger partial charge in [-0.25, -0.2) is 4.79 Å². The molecule has 7 nitrogen and oxygen atoms in total. The van der Waals surface area contributed by atoms with Gasteiger partial charge in [0.1, 0.15) is 0 Å². The van der Waals surface area contributed by atoms with Crippen molar-refractivity contribution in [1.82, 2.24) is 15.2 Å². The van der Waals surface area contributed by atoms with Gasteiger partial charge in [0.25, 0.3) is 5.91 Å². The van der Waals surface area contributed by atoms with Gasteiger partial charge in [0, 0.05) is 29.8 Å². The van der Waals surface area contributed by atoms with E-state index in [-0.39, 0.29) is 30.8 Å². The van der Waals surface area contributed by atoms with Crippen molar-refractivity contribution in [2.24, 2.45) is 0 Å². The van der Waals surface area contributed by atoms with E-state index in [0.29, 0.717) is 29.9 Å². The number of ether oxygens (including phenoxy) is 1. The third-order valence-electron chi connectivity index (χ3n) is 6.60. The number of aryl methyl sites for hydroxylation is 1. The minimum Gasteiger partial charge on any atom is -0.463 e. The summed E-state index contributed by atoms with van der Waals surface area (Å²) in [7, 11) is 0. The van der Waals surface area contributed by atoms with E-state index in [0.717, 1.165) is 22.4 Å². The number of amides is 2. The van der Waals surface area contributed by atoms with Crippen LogP contribution in [0.2, 0.25) is 0 Å². The molecular weight excluding hydrogens is 466 g/mol. The highest BCUT2D eigenvalue weighted by atomic mass is 16.5. The number of carbonyl (C=O) groups excluding carboxylic acids is 3. The quantitative estimate of drug-likeness (QED) is 0.457. The van der Waals surface area contributed by atoms with Gasteiger partial charge in [0.15, 0.2) is 0 Å². The molecule has 2 heterocycles. The average molecular weight is 498 g/mol. The Balaban J connectivity index is 1.53. The van der Waals surface area contributed by atoms with Gasteiger partial charge in [-0.3, -0.25) is 14.6 Å². The molecular formula is C30H31N3O4. The monoisotopic (exact) mass is 497 g/mol. The first kappa shape index (κ1) is 25.8. The molecule has 2 amide bonds. The SMILES string of the molecule is CCOC(=O)C1=C(C)N(Cc2ccc(C(=O)NCc3ccccn3)cc2)C(=O)CC1c1ccccc1C. The van der Waals surface area contributed by atoms with E-state index in [2.05, 4.69) is 10.3 Å². The molecule has 0 saturated heterocycles. The molecule has 3 aromatic rings. The number of benzene rings is 2. The van der Waals surface area contributed by atoms with Crippen LogP contribution in [-0.2, 0) is 27.4 Å². The number of aromatic nitrogens is 1. The lowest BCUT2D eigenvalue weighted by atomic mass is 9.81. The van der Waals surface area contributed by atoms with Gasteiger partial charge >= 0.3 is 5.97 Å². The Morgan fingerprint density at radius 3 is 2.43 bits per heavy atom. The van der Waals surface area contributed by atoms with Crippen molar-refractivity contribution in [3.8, 4) is 0 Å². The van der Waals surface area contributed by atoms with Crippen molar-refractivity contribution < 1.29 is 19.1 Å². The molecule has 4 rings (SSSR count). The molecule has 37 heavy (non-hydrogen) atoms. The number of esters is 1. The van der Waals surface area contributed by atoms with Crippen LogP contribution < -0.4 is 5.32 Å². The van der Waals surface area contributed by atoms with E-state index in [4.69, 9.17) is 4.74 Å². The maximum atomic E-state index is 13.3. The summed E-state index contributed by atoms with van der Waals surface area (Å²) in [6, 6.07) is 20.5. The van der Waals surface area contributed by atoms with Crippen molar-refractivity contribution in [3.63, 3.8) is 0 Å². The van der Waals surface area contributed by atoms with Crippen LogP contribution in [0.1, 0.15) is 58.9 Å². The van der Waals surface area contributed by atoms with Crippen LogP contribution in [0.25, 0.3) is 0 Å². The van der Waals surface area contributed by atoms with E-state index in [1.807, 2.05) is 61.5 Å². The Morgan fingerprint density at radius 2 is 1.76 bits per heavy atom. The first-order chi connectivity index (χ1) is 17.9. The van der Waals surface area contributed by atoms with Crippen molar-refractivity contribution in [1.29, 1.82) is 0 Å². The zero-order chi connectivity index (χ0) is 26.4. The van der Waals surface area contributed by atoms with Crippen LogP contribution in [0.15, 0.2) is 84.2 Å². The summed E-state index contributed by atoms with van der Waals surface area (Å²) < 4.78 is 5.39. The summed E-state index contributed by atoms with van der Waals surface area (Å²) in [6.07, 6.45) is 1.87. The van der Waals surface area contributed by atoms with Gasteiger partial charge in [-0.15, -0.1) is 0 Å². The van der Waals surface area contributed by atoms with Crippen molar-refractivity contribution in [2.45, 2.75) is 46.2 Å². The minimum atomic E-state index is -0.398. The highest BCUT2D eigenvalue weighted by Gasteiger charge is 2.37. The van der Waals surface area contributed by atoms with E-state index in [9.17, 15) is 14.4 Å². The van der Waals surface area contributed by atoms with Gasteiger partial charge in [0.2, 0.25) is 5.91 Å². The fourth-order valence-corrected chi connectivity index (χ4v) is 4.64. The molecule has 1 unspecified atom stereocenters. The van der Waals surface area contributed by atoms with Gasteiger partial charge in [-0.1, -0.05) is 42.5 Å². The van der Waals surface area contributed by atoms with Crippen LogP contribution >= 0.6 is 0 Å². The predicted octanol–water partition coefficient (Wildman–Crippen LogP) is 4.67. The summed E-state index contributed by atoms with van der Waals surface area (Å²) in [5, 5.41) is 2.86. The summed E-state index contributed by atoms with van der Waals surface area (Å²) in [4.78, 5) is 44.7. The first-order valence-electron chi connectivity index (χ1n) is 12.4. The molecule has 190 valence electrons. The van der Waals surface area contributed by atoms with Crippen LogP contribution in [0.4, 0.5) is 0 Å². The van der Waals surface area contributed by atoms with E-state index in [1.165, 1.54) is 0 Å². The van der Waals surface area contributed by atoms with E-state index in [1.54, 1.807) is 37.1 Å². The second-order valence-corrected chi connectivity index (χ2v) is 9.01. The molecule has 0 saturated carbocycles. The number of rotatable bonds is 8. The maximum Gasteiger partial charge on any atom is 0.336 e. The zero-order valence-corrected chi connectivity index (χ0v) is 21.4. The molecule has 1 N–H and O–H groups in total. The number of carbonyl (C=O) groups is 3. The van der Waals surface area contributed by atoms with Gasteiger partial charge in [0.05, 0.1) is 31.0 Å². The summed E-state index contributed by atoms with van der Waals surface area (Å²) >= 11 is 0. The first-order valence-corrected chi connectivity index (χ1v) is 12.4. The molecule has 0 aliphatic carbocycles. The molecule has 7 heteroatoms. The number of pyridine rings is 1. The fraction of sp³-hybridized carbons (Fsp3) is 0.267.